The molecule has 0 aliphatic heterocycles. The van der Waals surface area contributed by atoms with Crippen LogP contribution in [0.5, 0.6) is 0 Å². The molecule has 0 spiro atoms. The Labute approximate surface area is 159 Å². The van der Waals surface area contributed by atoms with Crippen molar-refractivity contribution in [1.82, 2.24) is 34.1 Å². The number of imidazole rings is 1. The number of aromatic nitrogens is 7. The summed E-state index contributed by atoms with van der Waals surface area (Å²) in [7, 11) is 0. The van der Waals surface area contributed by atoms with Gasteiger partial charge in [0.15, 0.2) is 0 Å². The van der Waals surface area contributed by atoms with E-state index in [1.807, 2.05) is 20.0 Å². The number of fused-ring (bicyclic) bond motifs is 1. The maximum absolute atomic E-state index is 12.9. The lowest BCUT2D eigenvalue weighted by Crippen LogP contribution is -2.32. The van der Waals surface area contributed by atoms with Crippen LogP contribution in [0, 0.1) is 0 Å². The third-order valence-electron chi connectivity index (χ3n) is 4.20. The number of nitrogens with one attached hydrogen (secondary N) is 2. The Hall–Kier alpha value is -3.82. The van der Waals surface area contributed by atoms with Crippen LogP contribution in [0.2, 0.25) is 0 Å². The Balaban J connectivity index is 1.73. The molecule has 0 radical (unpaired) electrons. The van der Waals surface area contributed by atoms with E-state index in [1.165, 1.54) is 17.2 Å². The van der Waals surface area contributed by atoms with Crippen molar-refractivity contribution < 1.29 is 4.79 Å². The summed E-state index contributed by atoms with van der Waals surface area (Å²) in [6.07, 6.45) is 8.02. The van der Waals surface area contributed by atoms with E-state index in [-0.39, 0.29) is 18.0 Å². The molecule has 0 aliphatic rings. The average molecular weight is 378 g/mol. The van der Waals surface area contributed by atoms with Gasteiger partial charge in [-0.25, -0.2) is 19.6 Å². The number of hydrogen-bond acceptors (Lipinski definition) is 6. The van der Waals surface area contributed by atoms with Crippen LogP contribution in [0.1, 0.15) is 25.6 Å². The number of aromatic amines is 1. The second kappa shape index (κ2) is 7.06. The van der Waals surface area contributed by atoms with E-state index in [1.54, 1.807) is 29.1 Å². The van der Waals surface area contributed by atoms with Gasteiger partial charge in [-0.15, -0.1) is 0 Å². The normalized spacial score (nSPS) is 11.2. The minimum Gasteiger partial charge on any atom is -0.351 e. The minimum atomic E-state index is -0.397. The van der Waals surface area contributed by atoms with Gasteiger partial charge in [-0.3, -0.25) is 14.0 Å². The maximum Gasteiger partial charge on any atom is 0.291 e. The second-order valence-corrected chi connectivity index (χ2v) is 6.56. The van der Waals surface area contributed by atoms with Crippen LogP contribution < -0.4 is 10.9 Å². The first-order valence-corrected chi connectivity index (χ1v) is 8.71. The first kappa shape index (κ1) is 17.6. The SMILES string of the molecule is CC(C)c1nn(CC(=O)Nc2ccncn2)c(=O)c2cc(-c3c[nH]cn3)cn12. The Morgan fingerprint density at radius 3 is 2.86 bits per heavy atom. The molecule has 0 atom stereocenters. The maximum atomic E-state index is 12.9. The van der Waals surface area contributed by atoms with Crippen molar-refractivity contribution in [2.75, 3.05) is 5.32 Å². The molecule has 0 saturated carbocycles. The third-order valence-corrected chi connectivity index (χ3v) is 4.20. The molecule has 4 heterocycles. The van der Waals surface area contributed by atoms with Gasteiger partial charge in [-0.2, -0.15) is 5.10 Å². The van der Waals surface area contributed by atoms with E-state index in [2.05, 4.69) is 30.4 Å². The van der Waals surface area contributed by atoms with Crippen molar-refractivity contribution >= 4 is 17.2 Å². The number of rotatable bonds is 5. The van der Waals surface area contributed by atoms with Crippen LogP contribution in [-0.2, 0) is 11.3 Å². The average Bonchev–Trinajstić information content (AvgIpc) is 3.34. The van der Waals surface area contributed by atoms with Gasteiger partial charge >= 0.3 is 0 Å². The van der Waals surface area contributed by atoms with Crippen molar-refractivity contribution in [3.8, 4) is 11.3 Å². The molecule has 0 saturated heterocycles. The van der Waals surface area contributed by atoms with Gasteiger partial charge in [-0.05, 0) is 12.1 Å². The fourth-order valence-electron chi connectivity index (χ4n) is 2.91. The number of carbonyl (C=O) groups is 1. The van der Waals surface area contributed by atoms with E-state index >= 15 is 0 Å². The molecule has 1 amide bonds. The first-order chi connectivity index (χ1) is 13.5. The third kappa shape index (κ3) is 3.27. The number of anilines is 1. The highest BCUT2D eigenvalue weighted by molar-refractivity contribution is 5.89. The summed E-state index contributed by atoms with van der Waals surface area (Å²) in [5, 5.41) is 7.05. The molecule has 0 unspecified atom stereocenters. The lowest BCUT2D eigenvalue weighted by Gasteiger charge is -2.12. The van der Waals surface area contributed by atoms with Crippen molar-refractivity contribution in [1.29, 1.82) is 0 Å². The molecule has 4 aromatic heterocycles. The van der Waals surface area contributed by atoms with Gasteiger partial charge in [0.05, 0.1) is 12.0 Å². The summed E-state index contributed by atoms with van der Waals surface area (Å²) in [6.45, 7) is 3.74. The zero-order valence-electron chi connectivity index (χ0n) is 15.3. The monoisotopic (exact) mass is 378 g/mol. The van der Waals surface area contributed by atoms with Crippen LogP contribution in [0.15, 0.2) is 48.2 Å². The fraction of sp³-hybridized carbons (Fsp3) is 0.222. The van der Waals surface area contributed by atoms with Gasteiger partial charge in [0.2, 0.25) is 5.91 Å². The van der Waals surface area contributed by atoms with E-state index in [9.17, 15) is 9.59 Å². The smallest absolute Gasteiger partial charge is 0.291 e. The Morgan fingerprint density at radius 1 is 1.32 bits per heavy atom. The summed E-state index contributed by atoms with van der Waals surface area (Å²) in [5.74, 6) is 0.679. The summed E-state index contributed by atoms with van der Waals surface area (Å²) in [4.78, 5) is 40.1. The van der Waals surface area contributed by atoms with Gasteiger partial charge < -0.3 is 10.3 Å². The molecule has 10 heteroatoms. The van der Waals surface area contributed by atoms with Crippen LogP contribution >= 0.6 is 0 Å². The van der Waals surface area contributed by atoms with Gasteiger partial charge in [0.1, 0.15) is 30.0 Å². The van der Waals surface area contributed by atoms with E-state index in [4.69, 9.17) is 0 Å². The first-order valence-electron chi connectivity index (χ1n) is 8.71. The lowest BCUT2D eigenvalue weighted by atomic mass is 10.2. The van der Waals surface area contributed by atoms with Gasteiger partial charge in [0, 0.05) is 30.1 Å². The number of carbonyl (C=O) groups excluding carboxylic acids is 1. The topological polar surface area (TPSA) is 123 Å². The molecule has 0 aliphatic carbocycles. The molecule has 28 heavy (non-hydrogen) atoms. The van der Waals surface area contributed by atoms with Gasteiger partial charge in [0.25, 0.3) is 5.56 Å². The molecule has 4 aromatic rings. The van der Waals surface area contributed by atoms with Crippen LogP contribution in [0.4, 0.5) is 5.82 Å². The Morgan fingerprint density at radius 2 is 2.18 bits per heavy atom. The standard InChI is InChI=1S/C18H18N8O2/c1-11(2)17-24-26(8-16(27)23-15-3-4-19-9-22-15)18(28)14-5-12(7-25(14)17)13-6-20-10-21-13/h3-7,9-11H,8H2,1-2H3,(H,20,21)(H,19,22,23,27). The molecular formula is C18H18N8O2. The van der Waals surface area contributed by atoms with Gasteiger partial charge in [-0.1, -0.05) is 13.8 Å². The Kier molecular flexibility index (Phi) is 4.44. The number of hydrogen-bond donors (Lipinski definition) is 2. The zero-order chi connectivity index (χ0) is 19.7. The molecule has 10 nitrogen and oxygen atoms in total. The zero-order valence-corrected chi connectivity index (χ0v) is 15.3. The predicted octanol–water partition coefficient (Wildman–Crippen LogP) is 1.44. The molecular weight excluding hydrogens is 360 g/mol. The highest BCUT2D eigenvalue weighted by Gasteiger charge is 2.17. The number of amides is 1. The molecule has 142 valence electrons. The molecule has 0 bridgehead atoms. The molecule has 0 fully saturated rings. The van der Waals surface area contributed by atoms with Crippen molar-refractivity contribution in [3.63, 3.8) is 0 Å². The lowest BCUT2D eigenvalue weighted by molar-refractivity contribution is -0.117. The fourth-order valence-corrected chi connectivity index (χ4v) is 2.91. The van der Waals surface area contributed by atoms with E-state index in [0.29, 0.717) is 17.2 Å². The largest absolute Gasteiger partial charge is 0.351 e. The van der Waals surface area contributed by atoms with Crippen LogP contribution in [0.25, 0.3) is 16.8 Å². The van der Waals surface area contributed by atoms with Crippen LogP contribution in [-0.4, -0.2) is 40.0 Å². The van der Waals surface area contributed by atoms with E-state index < -0.39 is 5.91 Å². The second-order valence-electron chi connectivity index (χ2n) is 6.56. The number of H-pyrrole nitrogens is 1. The summed E-state index contributed by atoms with van der Waals surface area (Å²) in [5.41, 5.74) is 1.60. The summed E-state index contributed by atoms with van der Waals surface area (Å²) < 4.78 is 2.94. The van der Waals surface area contributed by atoms with Crippen molar-refractivity contribution in [2.45, 2.75) is 26.3 Å². The van der Waals surface area contributed by atoms with Crippen molar-refractivity contribution in [2.24, 2.45) is 0 Å². The highest BCUT2D eigenvalue weighted by atomic mass is 16.2. The number of nitrogens with zero attached hydrogens (tertiary/aromatic N) is 6. The van der Waals surface area contributed by atoms with Crippen molar-refractivity contribution in [3.05, 3.63) is 59.6 Å². The predicted molar refractivity (Wildman–Crippen MR) is 102 cm³/mol. The highest BCUT2D eigenvalue weighted by Crippen LogP contribution is 2.21. The molecule has 2 N–H and O–H groups in total. The quantitative estimate of drug-likeness (QED) is 0.542. The Bertz CT molecular complexity index is 1180. The summed E-state index contributed by atoms with van der Waals surface area (Å²) in [6, 6.07) is 3.32. The molecule has 4 rings (SSSR count). The van der Waals surface area contributed by atoms with E-state index in [0.717, 1.165) is 11.3 Å². The molecule has 0 aromatic carbocycles. The summed E-state index contributed by atoms with van der Waals surface area (Å²) >= 11 is 0. The van der Waals surface area contributed by atoms with Crippen LogP contribution in [0.3, 0.4) is 0 Å². The minimum absolute atomic E-state index is 0.0405.